The van der Waals surface area contributed by atoms with Gasteiger partial charge in [-0.05, 0) is 82.3 Å². The molecule has 0 radical (unpaired) electrons. The van der Waals surface area contributed by atoms with Crippen molar-refractivity contribution in [1.29, 1.82) is 0 Å². The van der Waals surface area contributed by atoms with Crippen molar-refractivity contribution in [3.63, 3.8) is 0 Å². The average Bonchev–Trinajstić information content (AvgIpc) is 2.90. The first-order valence-electron chi connectivity index (χ1n) is 13.4. The van der Waals surface area contributed by atoms with Crippen LogP contribution in [0.4, 0.5) is 17.3 Å². The summed E-state index contributed by atoms with van der Waals surface area (Å²) in [5.41, 5.74) is 2.80. The van der Waals surface area contributed by atoms with E-state index >= 15 is 0 Å². The van der Waals surface area contributed by atoms with Gasteiger partial charge in [0.25, 0.3) is 5.56 Å². The summed E-state index contributed by atoms with van der Waals surface area (Å²) in [6, 6.07) is 11.9. The van der Waals surface area contributed by atoms with E-state index < -0.39 is 0 Å². The molecule has 0 amide bonds. The van der Waals surface area contributed by atoms with Crippen LogP contribution in [-0.2, 0) is 4.74 Å². The zero-order valence-electron chi connectivity index (χ0n) is 21.5. The zero-order valence-corrected chi connectivity index (χ0v) is 21.5. The van der Waals surface area contributed by atoms with E-state index in [1.165, 1.54) is 37.9 Å². The van der Waals surface area contributed by atoms with Gasteiger partial charge >= 0.3 is 0 Å². The predicted molar refractivity (Wildman–Crippen MR) is 145 cm³/mol. The van der Waals surface area contributed by atoms with Gasteiger partial charge in [0.05, 0.1) is 13.2 Å². The molecule has 1 aromatic carbocycles. The molecule has 36 heavy (non-hydrogen) atoms. The van der Waals surface area contributed by atoms with Crippen molar-refractivity contribution in [3.8, 4) is 0 Å². The fraction of sp³-hybridized carbons (Fsp3) is 0.536. The Morgan fingerprint density at radius 3 is 2.50 bits per heavy atom. The third-order valence-corrected chi connectivity index (χ3v) is 7.48. The molecule has 0 unspecified atom stereocenters. The lowest BCUT2D eigenvalue weighted by Crippen LogP contribution is -2.37. The first-order chi connectivity index (χ1) is 17.6. The normalized spacial score (nSPS) is 17.7. The Morgan fingerprint density at radius 1 is 1.03 bits per heavy atom. The van der Waals surface area contributed by atoms with E-state index in [1.807, 2.05) is 13.8 Å². The molecule has 4 heterocycles. The molecular formula is C28H38N6O2. The third kappa shape index (κ3) is 5.87. The van der Waals surface area contributed by atoms with E-state index in [0.717, 1.165) is 56.4 Å². The van der Waals surface area contributed by atoms with Crippen LogP contribution >= 0.6 is 0 Å². The summed E-state index contributed by atoms with van der Waals surface area (Å²) < 4.78 is 7.16. The largest absolute Gasteiger partial charge is 0.379 e. The van der Waals surface area contributed by atoms with Crippen LogP contribution in [0, 0.1) is 5.92 Å². The average molecular weight is 491 g/mol. The first kappa shape index (κ1) is 24.7. The number of hydrogen-bond donors (Lipinski definition) is 1. The SMILES string of the molecule is CC(C)n1c(=O)ccc2cnc(Nc3ccc(N4CCC(CCCN5CCOCC5)CC4)cc3)nc21. The highest BCUT2D eigenvalue weighted by Crippen LogP contribution is 2.28. The Balaban J connectivity index is 1.14. The summed E-state index contributed by atoms with van der Waals surface area (Å²) in [6.07, 6.45) is 6.94. The molecule has 2 aliphatic rings. The number of piperidine rings is 1. The molecule has 0 bridgehead atoms. The van der Waals surface area contributed by atoms with E-state index in [0.29, 0.717) is 11.6 Å². The van der Waals surface area contributed by atoms with Gasteiger partial charge in [-0.25, -0.2) is 4.98 Å². The van der Waals surface area contributed by atoms with Crippen molar-refractivity contribution >= 4 is 28.4 Å². The van der Waals surface area contributed by atoms with Crippen LogP contribution in [0.3, 0.4) is 0 Å². The van der Waals surface area contributed by atoms with Crippen molar-refractivity contribution in [2.45, 2.75) is 45.6 Å². The summed E-state index contributed by atoms with van der Waals surface area (Å²) in [7, 11) is 0. The maximum absolute atomic E-state index is 12.3. The molecule has 8 heteroatoms. The summed E-state index contributed by atoms with van der Waals surface area (Å²) in [5.74, 6) is 1.34. The van der Waals surface area contributed by atoms with Gasteiger partial charge in [-0.1, -0.05) is 0 Å². The molecule has 192 valence electrons. The Morgan fingerprint density at radius 2 is 1.78 bits per heavy atom. The van der Waals surface area contributed by atoms with E-state index in [9.17, 15) is 4.79 Å². The number of benzene rings is 1. The minimum Gasteiger partial charge on any atom is -0.379 e. The van der Waals surface area contributed by atoms with Gasteiger partial charge < -0.3 is 15.0 Å². The van der Waals surface area contributed by atoms with E-state index in [1.54, 1.807) is 22.9 Å². The quantitative estimate of drug-likeness (QED) is 0.500. The molecule has 5 rings (SSSR count). The standard InChI is InChI=1S/C28H38N6O2/c1-21(2)34-26(35)10-5-23-20-29-28(31-27(23)34)30-24-6-8-25(9-7-24)33-14-11-22(12-15-33)4-3-13-32-16-18-36-19-17-32/h5-10,20-22H,3-4,11-19H2,1-2H3,(H,29,30,31). The zero-order chi connectivity index (χ0) is 24.9. The number of pyridine rings is 1. The second-order valence-corrected chi connectivity index (χ2v) is 10.3. The Kier molecular flexibility index (Phi) is 7.82. The van der Waals surface area contributed by atoms with Crippen molar-refractivity contribution < 1.29 is 4.74 Å². The topological polar surface area (TPSA) is 75.5 Å². The lowest BCUT2D eigenvalue weighted by Gasteiger charge is -2.34. The highest BCUT2D eigenvalue weighted by Gasteiger charge is 2.20. The van der Waals surface area contributed by atoms with Crippen LogP contribution in [0.15, 0.2) is 47.4 Å². The van der Waals surface area contributed by atoms with Crippen LogP contribution in [0.2, 0.25) is 0 Å². The summed E-state index contributed by atoms with van der Waals surface area (Å²) in [5, 5.41) is 4.16. The van der Waals surface area contributed by atoms with Gasteiger partial charge in [-0.2, -0.15) is 4.98 Å². The molecule has 8 nitrogen and oxygen atoms in total. The van der Waals surface area contributed by atoms with E-state index in [-0.39, 0.29) is 11.6 Å². The van der Waals surface area contributed by atoms with E-state index in [2.05, 4.69) is 49.4 Å². The molecule has 0 saturated carbocycles. The second-order valence-electron chi connectivity index (χ2n) is 10.3. The molecule has 0 aliphatic carbocycles. The minimum absolute atomic E-state index is 0.0251. The minimum atomic E-state index is -0.0487. The monoisotopic (exact) mass is 490 g/mol. The lowest BCUT2D eigenvalue weighted by atomic mass is 9.92. The van der Waals surface area contributed by atoms with Gasteiger partial charge in [0.1, 0.15) is 5.65 Å². The molecule has 2 aromatic heterocycles. The van der Waals surface area contributed by atoms with Gasteiger partial charge in [0, 0.05) is 61.2 Å². The molecule has 0 atom stereocenters. The molecule has 1 N–H and O–H groups in total. The number of hydrogen-bond acceptors (Lipinski definition) is 7. The Hall–Kier alpha value is -2.97. The van der Waals surface area contributed by atoms with Gasteiger partial charge in [0.2, 0.25) is 5.95 Å². The maximum Gasteiger partial charge on any atom is 0.252 e. The lowest BCUT2D eigenvalue weighted by molar-refractivity contribution is 0.0365. The number of morpholine rings is 1. The smallest absolute Gasteiger partial charge is 0.252 e. The molecular weight excluding hydrogens is 452 g/mol. The van der Waals surface area contributed by atoms with Gasteiger partial charge in [-0.15, -0.1) is 0 Å². The number of rotatable bonds is 8. The predicted octanol–water partition coefficient (Wildman–Crippen LogP) is 4.44. The number of fused-ring (bicyclic) bond motifs is 1. The fourth-order valence-electron chi connectivity index (χ4n) is 5.39. The van der Waals surface area contributed by atoms with Crippen molar-refractivity contribution in [1.82, 2.24) is 19.4 Å². The number of nitrogens with zero attached hydrogens (tertiary/aromatic N) is 5. The van der Waals surface area contributed by atoms with Crippen LogP contribution < -0.4 is 15.8 Å². The van der Waals surface area contributed by atoms with Crippen LogP contribution in [0.1, 0.15) is 45.6 Å². The van der Waals surface area contributed by atoms with Gasteiger partial charge in [-0.3, -0.25) is 14.3 Å². The number of aromatic nitrogens is 3. The molecule has 3 aromatic rings. The number of nitrogens with one attached hydrogen (secondary N) is 1. The van der Waals surface area contributed by atoms with Crippen LogP contribution in [0.25, 0.3) is 11.0 Å². The number of anilines is 3. The number of ether oxygens (including phenoxy) is 1. The Bertz CT molecular complexity index is 1190. The van der Waals surface area contributed by atoms with Crippen LogP contribution in [-0.4, -0.2) is 65.4 Å². The summed E-state index contributed by atoms with van der Waals surface area (Å²) >= 11 is 0. The maximum atomic E-state index is 12.3. The molecule has 2 saturated heterocycles. The Labute approximate surface area is 213 Å². The van der Waals surface area contributed by atoms with Gasteiger partial charge in [0.15, 0.2) is 0 Å². The molecule has 2 aliphatic heterocycles. The second kappa shape index (κ2) is 11.4. The molecule has 2 fully saturated rings. The van der Waals surface area contributed by atoms with Crippen molar-refractivity contribution in [3.05, 3.63) is 52.9 Å². The highest BCUT2D eigenvalue weighted by molar-refractivity contribution is 5.76. The van der Waals surface area contributed by atoms with Crippen molar-refractivity contribution in [2.24, 2.45) is 5.92 Å². The third-order valence-electron chi connectivity index (χ3n) is 7.48. The first-order valence-corrected chi connectivity index (χ1v) is 13.4. The summed E-state index contributed by atoms with van der Waals surface area (Å²) in [6.45, 7) is 11.4. The fourth-order valence-corrected chi connectivity index (χ4v) is 5.39. The van der Waals surface area contributed by atoms with Crippen molar-refractivity contribution in [2.75, 3.05) is 56.2 Å². The summed E-state index contributed by atoms with van der Waals surface area (Å²) in [4.78, 5) is 26.5. The highest BCUT2D eigenvalue weighted by atomic mass is 16.5. The molecule has 0 spiro atoms. The van der Waals surface area contributed by atoms with Crippen LogP contribution in [0.5, 0.6) is 0 Å². The van der Waals surface area contributed by atoms with E-state index in [4.69, 9.17) is 4.74 Å².